The highest BCUT2D eigenvalue weighted by atomic mass is 32.2. The second kappa shape index (κ2) is 3.91. The van der Waals surface area contributed by atoms with E-state index in [0.29, 0.717) is 12.5 Å². The number of hydrogen-bond donors (Lipinski definition) is 1. The summed E-state index contributed by atoms with van der Waals surface area (Å²) in [5.74, 6) is 0.407. The highest BCUT2D eigenvalue weighted by molar-refractivity contribution is 7.89. The van der Waals surface area contributed by atoms with Gasteiger partial charge in [-0.05, 0) is 31.6 Å². The Bertz CT molecular complexity index is 392. The van der Waals surface area contributed by atoms with Crippen molar-refractivity contribution in [1.82, 2.24) is 4.31 Å². The number of hydrogen-bond acceptors (Lipinski definition) is 4. The summed E-state index contributed by atoms with van der Waals surface area (Å²) in [4.78, 5) is 0. The molecule has 0 bridgehead atoms. The summed E-state index contributed by atoms with van der Waals surface area (Å²) in [6.45, 7) is 1.24. The smallest absolute Gasteiger partial charge is 0.216 e. The minimum atomic E-state index is -3.24. The minimum Gasteiger partial charge on any atom is -0.387 e. The van der Waals surface area contributed by atoms with E-state index in [4.69, 9.17) is 4.74 Å². The molecule has 1 N–H and O–H groups in total. The average Bonchev–Trinajstić information content (AvgIpc) is 2.94. The largest absolute Gasteiger partial charge is 0.387 e. The van der Waals surface area contributed by atoms with Crippen LogP contribution >= 0.6 is 0 Å². The first-order valence-corrected chi connectivity index (χ1v) is 7.92. The molecule has 2 heterocycles. The summed E-state index contributed by atoms with van der Waals surface area (Å²) in [7, 11) is -3.24. The summed E-state index contributed by atoms with van der Waals surface area (Å²) in [6.07, 6.45) is 3.72. The molecule has 3 fully saturated rings. The highest BCUT2D eigenvalue weighted by Gasteiger charge is 2.55. The van der Waals surface area contributed by atoms with E-state index in [1.54, 1.807) is 0 Å². The van der Waals surface area contributed by atoms with Crippen LogP contribution in [0.15, 0.2) is 0 Å². The summed E-state index contributed by atoms with van der Waals surface area (Å²) in [6, 6.07) is 0. The zero-order valence-electron chi connectivity index (χ0n) is 9.84. The van der Waals surface area contributed by atoms with Gasteiger partial charge in [0.1, 0.15) is 0 Å². The van der Waals surface area contributed by atoms with Crippen LogP contribution in [0.2, 0.25) is 0 Å². The standard InChI is InChI=1S/C11H19NO4S/c13-11(9-3-4-9)7-12(8-11)17(14,15)6-10-2-1-5-16-10/h9-10,13H,1-8H2. The molecule has 3 rings (SSSR count). The SMILES string of the molecule is O=S(=O)(CC1CCCO1)N1CC(O)(C2CC2)C1. The molecule has 2 saturated heterocycles. The van der Waals surface area contributed by atoms with Crippen molar-refractivity contribution in [2.45, 2.75) is 37.4 Å². The molecule has 1 atom stereocenters. The van der Waals surface area contributed by atoms with Crippen LogP contribution in [0.3, 0.4) is 0 Å². The molecule has 98 valence electrons. The van der Waals surface area contributed by atoms with Crippen molar-refractivity contribution in [1.29, 1.82) is 0 Å². The van der Waals surface area contributed by atoms with E-state index in [9.17, 15) is 13.5 Å². The van der Waals surface area contributed by atoms with Crippen LogP contribution in [-0.2, 0) is 14.8 Å². The molecule has 0 aromatic heterocycles. The van der Waals surface area contributed by atoms with Gasteiger partial charge >= 0.3 is 0 Å². The molecule has 6 heteroatoms. The van der Waals surface area contributed by atoms with Crippen molar-refractivity contribution in [3.8, 4) is 0 Å². The number of aliphatic hydroxyl groups is 1. The van der Waals surface area contributed by atoms with Crippen molar-refractivity contribution in [2.24, 2.45) is 5.92 Å². The van der Waals surface area contributed by atoms with Crippen LogP contribution in [0.1, 0.15) is 25.7 Å². The molecule has 1 aliphatic carbocycles. The van der Waals surface area contributed by atoms with Crippen LogP contribution in [0.25, 0.3) is 0 Å². The van der Waals surface area contributed by atoms with Crippen molar-refractivity contribution >= 4 is 10.0 Å². The van der Waals surface area contributed by atoms with Gasteiger partial charge in [-0.3, -0.25) is 0 Å². The molecule has 17 heavy (non-hydrogen) atoms. The van der Waals surface area contributed by atoms with Gasteiger partial charge in [-0.25, -0.2) is 8.42 Å². The lowest BCUT2D eigenvalue weighted by Crippen LogP contribution is -2.65. The number of nitrogens with zero attached hydrogens (tertiary/aromatic N) is 1. The monoisotopic (exact) mass is 261 g/mol. The fourth-order valence-corrected chi connectivity index (χ4v) is 4.54. The molecule has 2 aliphatic heterocycles. The first-order valence-electron chi connectivity index (χ1n) is 6.31. The normalized spacial score (nSPS) is 33.6. The van der Waals surface area contributed by atoms with Gasteiger partial charge in [0.15, 0.2) is 0 Å². The topological polar surface area (TPSA) is 66.8 Å². The Kier molecular flexibility index (Phi) is 2.74. The predicted molar refractivity (Wildman–Crippen MR) is 62.0 cm³/mol. The zero-order valence-corrected chi connectivity index (χ0v) is 10.7. The molecule has 0 radical (unpaired) electrons. The number of rotatable bonds is 4. The van der Waals surface area contributed by atoms with E-state index in [-0.39, 0.29) is 24.9 Å². The van der Waals surface area contributed by atoms with E-state index in [1.165, 1.54) is 4.31 Å². The van der Waals surface area contributed by atoms with Crippen molar-refractivity contribution in [3.63, 3.8) is 0 Å². The molecule has 1 unspecified atom stereocenters. The second-order valence-corrected chi connectivity index (χ2v) is 7.57. The van der Waals surface area contributed by atoms with Crippen molar-refractivity contribution < 1.29 is 18.3 Å². The quantitative estimate of drug-likeness (QED) is 0.770. The van der Waals surface area contributed by atoms with E-state index < -0.39 is 15.6 Å². The Labute approximate surface area is 102 Å². The molecule has 0 spiro atoms. The zero-order chi connectivity index (χ0) is 12.1. The maximum atomic E-state index is 12.0. The van der Waals surface area contributed by atoms with Crippen LogP contribution in [-0.4, -0.2) is 55.0 Å². The minimum absolute atomic E-state index is 0.0771. The van der Waals surface area contributed by atoms with E-state index in [2.05, 4.69) is 0 Å². The van der Waals surface area contributed by atoms with Crippen LogP contribution < -0.4 is 0 Å². The Balaban J connectivity index is 1.57. The molecule has 1 saturated carbocycles. The maximum absolute atomic E-state index is 12.0. The molecule has 3 aliphatic rings. The Morgan fingerprint density at radius 1 is 1.29 bits per heavy atom. The highest BCUT2D eigenvalue weighted by Crippen LogP contribution is 2.45. The average molecular weight is 261 g/mol. The van der Waals surface area contributed by atoms with E-state index in [0.717, 1.165) is 25.7 Å². The van der Waals surface area contributed by atoms with Crippen molar-refractivity contribution in [2.75, 3.05) is 25.4 Å². The first-order chi connectivity index (χ1) is 8.00. The fraction of sp³-hybridized carbons (Fsp3) is 1.00. The van der Waals surface area contributed by atoms with Gasteiger partial charge in [0.2, 0.25) is 10.0 Å². The first kappa shape index (κ1) is 11.9. The van der Waals surface area contributed by atoms with Crippen LogP contribution in [0, 0.1) is 5.92 Å². The van der Waals surface area contributed by atoms with Gasteiger partial charge in [-0.1, -0.05) is 0 Å². The second-order valence-electron chi connectivity index (χ2n) is 5.56. The van der Waals surface area contributed by atoms with Crippen molar-refractivity contribution in [3.05, 3.63) is 0 Å². The Morgan fingerprint density at radius 2 is 2.00 bits per heavy atom. The third-order valence-corrected chi connectivity index (χ3v) is 5.89. The van der Waals surface area contributed by atoms with E-state index in [1.807, 2.05) is 0 Å². The third kappa shape index (κ3) is 2.23. The summed E-state index contributed by atoms with van der Waals surface area (Å²) in [5, 5.41) is 10.1. The van der Waals surface area contributed by atoms with Crippen LogP contribution in [0.5, 0.6) is 0 Å². The van der Waals surface area contributed by atoms with Gasteiger partial charge < -0.3 is 9.84 Å². The molecule has 0 aromatic rings. The van der Waals surface area contributed by atoms with Gasteiger partial charge in [0.25, 0.3) is 0 Å². The van der Waals surface area contributed by atoms with E-state index >= 15 is 0 Å². The lowest BCUT2D eigenvalue weighted by Gasteiger charge is -2.46. The summed E-state index contributed by atoms with van der Waals surface area (Å²) in [5.41, 5.74) is -0.733. The number of β-amino-alcohol motifs (C(OH)–C–C–N with tert-alkyl or cyclic N) is 1. The van der Waals surface area contributed by atoms with Crippen LogP contribution in [0.4, 0.5) is 0 Å². The lowest BCUT2D eigenvalue weighted by molar-refractivity contribution is -0.0767. The fourth-order valence-electron chi connectivity index (χ4n) is 2.76. The molecule has 0 amide bonds. The van der Waals surface area contributed by atoms with Gasteiger partial charge in [-0.2, -0.15) is 4.31 Å². The van der Waals surface area contributed by atoms with Gasteiger partial charge in [-0.15, -0.1) is 0 Å². The van der Waals surface area contributed by atoms with Gasteiger partial charge in [0.05, 0.1) is 17.5 Å². The molecular weight excluding hydrogens is 242 g/mol. The number of ether oxygens (including phenoxy) is 1. The summed E-state index contributed by atoms with van der Waals surface area (Å²) < 4.78 is 30.8. The lowest BCUT2D eigenvalue weighted by atomic mass is 9.91. The number of sulfonamides is 1. The Hall–Kier alpha value is -0.170. The molecule has 0 aromatic carbocycles. The summed E-state index contributed by atoms with van der Waals surface area (Å²) >= 11 is 0. The molecule has 5 nitrogen and oxygen atoms in total. The Morgan fingerprint density at radius 3 is 2.53 bits per heavy atom. The maximum Gasteiger partial charge on any atom is 0.216 e. The van der Waals surface area contributed by atoms with Gasteiger partial charge in [0, 0.05) is 19.7 Å². The predicted octanol–water partition coefficient (Wildman–Crippen LogP) is -0.0481. The molecular formula is C11H19NO4S. The third-order valence-electron chi connectivity index (χ3n) is 4.05.